The van der Waals surface area contributed by atoms with Crippen LogP contribution in [0.2, 0.25) is 0 Å². The predicted octanol–water partition coefficient (Wildman–Crippen LogP) is 3.86. The average Bonchev–Trinajstić information content (AvgIpc) is 3.09. The van der Waals surface area contributed by atoms with Crippen LogP contribution in [0, 0.1) is 11.3 Å². The van der Waals surface area contributed by atoms with E-state index in [0.29, 0.717) is 24.4 Å². The Hall–Kier alpha value is -3.04. The van der Waals surface area contributed by atoms with Crippen LogP contribution in [0.4, 0.5) is 4.79 Å². The summed E-state index contributed by atoms with van der Waals surface area (Å²) < 4.78 is 5.46. The van der Waals surface area contributed by atoms with Crippen molar-refractivity contribution in [3.8, 4) is 11.8 Å². The molecule has 2 fully saturated rings. The van der Waals surface area contributed by atoms with Crippen molar-refractivity contribution in [3.63, 3.8) is 0 Å². The number of methoxy groups -OCH3 is 1. The topological polar surface area (TPSA) is 68.6 Å². The maximum atomic E-state index is 12.9. The van der Waals surface area contributed by atoms with Crippen molar-refractivity contribution in [2.45, 2.75) is 43.3 Å². The van der Waals surface area contributed by atoms with E-state index < -0.39 is 0 Å². The molecule has 162 valence electrons. The molecule has 1 N–H and O–H groups in total. The molecule has 6 nitrogen and oxygen atoms in total. The van der Waals surface area contributed by atoms with E-state index in [-0.39, 0.29) is 17.1 Å². The smallest absolute Gasteiger partial charge is 0.318 e. The van der Waals surface area contributed by atoms with Crippen LogP contribution < -0.4 is 10.1 Å². The Morgan fingerprint density at radius 2 is 1.84 bits per heavy atom. The molecule has 6 heteroatoms. The summed E-state index contributed by atoms with van der Waals surface area (Å²) in [5, 5.41) is 12.5. The molecule has 0 bridgehead atoms. The predicted molar refractivity (Wildman–Crippen MR) is 120 cm³/mol. The Balaban J connectivity index is 1.51. The number of amides is 2. The lowest BCUT2D eigenvalue weighted by molar-refractivity contribution is 0.0617. The van der Waals surface area contributed by atoms with Crippen LogP contribution in [-0.4, -0.2) is 49.1 Å². The molecule has 1 spiro atoms. The minimum absolute atomic E-state index is 0.00496. The van der Waals surface area contributed by atoms with Crippen LogP contribution in [0.3, 0.4) is 0 Å². The third-order valence-electron chi connectivity index (χ3n) is 7.13. The van der Waals surface area contributed by atoms with Crippen LogP contribution in [0.25, 0.3) is 0 Å². The van der Waals surface area contributed by atoms with Gasteiger partial charge in [-0.15, -0.1) is 0 Å². The van der Waals surface area contributed by atoms with Gasteiger partial charge in [0.1, 0.15) is 5.75 Å². The molecular weight excluding hydrogens is 388 g/mol. The highest BCUT2D eigenvalue weighted by Crippen LogP contribution is 2.46. The van der Waals surface area contributed by atoms with E-state index in [0.717, 1.165) is 31.2 Å². The molecule has 4 rings (SSSR count). The zero-order chi connectivity index (χ0) is 22.1. The number of nitrogens with one attached hydrogen (secondary N) is 1. The van der Waals surface area contributed by atoms with E-state index in [1.165, 1.54) is 5.56 Å². The second kappa shape index (κ2) is 8.24. The van der Waals surface area contributed by atoms with E-state index in [1.54, 1.807) is 19.2 Å². The van der Waals surface area contributed by atoms with Crippen molar-refractivity contribution in [1.29, 1.82) is 5.26 Å². The fraction of sp³-hybridized carbons (Fsp3) is 0.440. The first kappa shape index (κ1) is 21.2. The number of carbonyl (C=O) groups is 1. The van der Waals surface area contributed by atoms with Crippen LogP contribution >= 0.6 is 0 Å². The molecule has 2 aromatic rings. The van der Waals surface area contributed by atoms with Crippen molar-refractivity contribution in [2.24, 2.45) is 0 Å². The monoisotopic (exact) mass is 418 g/mol. The Morgan fingerprint density at radius 1 is 1.13 bits per heavy atom. The second-order valence-corrected chi connectivity index (χ2v) is 9.00. The zero-order valence-corrected chi connectivity index (χ0v) is 18.5. The standard InChI is InChI=1S/C25H30N4O2/c1-28(2)25(21-7-5-4-6-8-21)13-11-24(12-14-25)18-29(23(30)27-24)17-20-15-19(16-26)9-10-22(20)31-3/h4-10,15H,11-14,17-18H2,1-3H3,(H,27,30)/t24-,25+. The number of hydrogen-bond donors (Lipinski definition) is 1. The first-order valence-electron chi connectivity index (χ1n) is 10.8. The molecule has 2 aliphatic rings. The number of rotatable bonds is 5. The number of urea groups is 1. The lowest BCUT2D eigenvalue weighted by Gasteiger charge is -2.48. The van der Waals surface area contributed by atoms with E-state index >= 15 is 0 Å². The highest BCUT2D eigenvalue weighted by molar-refractivity contribution is 5.78. The fourth-order valence-electron chi connectivity index (χ4n) is 5.26. The minimum atomic E-state index is -0.203. The molecule has 0 atom stereocenters. The minimum Gasteiger partial charge on any atom is -0.496 e. The lowest BCUT2D eigenvalue weighted by atomic mass is 9.69. The highest BCUT2D eigenvalue weighted by Gasteiger charge is 2.50. The Bertz CT molecular complexity index is 988. The molecule has 0 aromatic heterocycles. The van der Waals surface area contributed by atoms with Crippen LogP contribution in [0.15, 0.2) is 48.5 Å². The van der Waals surface area contributed by atoms with Gasteiger partial charge in [-0.25, -0.2) is 4.79 Å². The van der Waals surface area contributed by atoms with E-state index in [9.17, 15) is 10.1 Å². The number of benzene rings is 2. The SMILES string of the molecule is COc1ccc(C#N)cc1CN1C[C@]2(CC[C@](c3ccccc3)(N(C)C)CC2)NC1=O. The summed E-state index contributed by atoms with van der Waals surface area (Å²) in [6.07, 6.45) is 3.84. The molecule has 1 heterocycles. The molecule has 1 aliphatic heterocycles. The second-order valence-electron chi connectivity index (χ2n) is 9.00. The summed E-state index contributed by atoms with van der Waals surface area (Å²) in [7, 11) is 5.92. The molecule has 1 aliphatic carbocycles. The van der Waals surface area contributed by atoms with Gasteiger partial charge in [-0.3, -0.25) is 4.90 Å². The van der Waals surface area contributed by atoms with Gasteiger partial charge >= 0.3 is 6.03 Å². The zero-order valence-electron chi connectivity index (χ0n) is 18.5. The van der Waals surface area contributed by atoms with Crippen molar-refractivity contribution in [3.05, 3.63) is 65.2 Å². The lowest BCUT2D eigenvalue weighted by Crippen LogP contribution is -2.54. The quantitative estimate of drug-likeness (QED) is 0.801. The summed E-state index contributed by atoms with van der Waals surface area (Å²) in [6, 6.07) is 18.2. The van der Waals surface area contributed by atoms with E-state index in [1.807, 2.05) is 11.0 Å². The van der Waals surface area contributed by atoms with Crippen molar-refractivity contribution in [1.82, 2.24) is 15.1 Å². The summed E-state index contributed by atoms with van der Waals surface area (Å²) >= 11 is 0. The van der Waals surface area contributed by atoms with Gasteiger partial charge in [0, 0.05) is 17.6 Å². The van der Waals surface area contributed by atoms with E-state index in [2.05, 4.69) is 60.7 Å². The van der Waals surface area contributed by atoms with Crippen molar-refractivity contribution in [2.75, 3.05) is 27.7 Å². The molecule has 1 saturated heterocycles. The molecule has 2 amide bonds. The largest absolute Gasteiger partial charge is 0.496 e. The average molecular weight is 419 g/mol. The van der Waals surface area contributed by atoms with Crippen LogP contribution in [0.1, 0.15) is 42.4 Å². The number of nitrogens with zero attached hydrogens (tertiary/aromatic N) is 3. The number of ether oxygens (including phenoxy) is 1. The summed E-state index contributed by atoms with van der Waals surface area (Å²) in [5.41, 5.74) is 2.56. The van der Waals surface area contributed by atoms with Gasteiger partial charge in [-0.1, -0.05) is 30.3 Å². The fourth-order valence-corrected chi connectivity index (χ4v) is 5.26. The normalized spacial score (nSPS) is 25.5. The molecule has 0 radical (unpaired) electrons. The number of hydrogen-bond acceptors (Lipinski definition) is 4. The molecule has 1 saturated carbocycles. The molecule has 2 aromatic carbocycles. The first-order chi connectivity index (χ1) is 14.9. The van der Waals surface area contributed by atoms with Gasteiger partial charge < -0.3 is 15.0 Å². The van der Waals surface area contributed by atoms with Gasteiger partial charge in [-0.2, -0.15) is 5.26 Å². The molecule has 31 heavy (non-hydrogen) atoms. The summed E-state index contributed by atoms with van der Waals surface area (Å²) in [5.74, 6) is 0.701. The van der Waals surface area contributed by atoms with Crippen LogP contribution in [0.5, 0.6) is 5.75 Å². The van der Waals surface area contributed by atoms with Crippen molar-refractivity contribution < 1.29 is 9.53 Å². The summed E-state index contributed by atoms with van der Waals surface area (Å²) in [4.78, 5) is 17.1. The molecular formula is C25H30N4O2. The first-order valence-corrected chi connectivity index (χ1v) is 10.8. The Kier molecular flexibility index (Phi) is 5.63. The maximum Gasteiger partial charge on any atom is 0.318 e. The third-order valence-corrected chi connectivity index (χ3v) is 7.13. The number of nitriles is 1. The summed E-state index contributed by atoms with van der Waals surface area (Å²) in [6.45, 7) is 1.11. The Labute approximate surface area is 184 Å². The molecule has 0 unspecified atom stereocenters. The van der Waals surface area contributed by atoms with Gasteiger partial charge in [-0.05, 0) is 63.5 Å². The van der Waals surface area contributed by atoms with Gasteiger partial charge in [0.25, 0.3) is 0 Å². The maximum absolute atomic E-state index is 12.9. The van der Waals surface area contributed by atoms with Gasteiger partial charge in [0.05, 0.1) is 30.8 Å². The van der Waals surface area contributed by atoms with Crippen LogP contribution in [-0.2, 0) is 12.1 Å². The third kappa shape index (κ3) is 3.86. The van der Waals surface area contributed by atoms with Gasteiger partial charge in [0.15, 0.2) is 0 Å². The highest BCUT2D eigenvalue weighted by atomic mass is 16.5. The van der Waals surface area contributed by atoms with E-state index in [4.69, 9.17) is 4.74 Å². The number of carbonyl (C=O) groups excluding carboxylic acids is 1. The van der Waals surface area contributed by atoms with Gasteiger partial charge in [0.2, 0.25) is 0 Å². The van der Waals surface area contributed by atoms with Crippen molar-refractivity contribution >= 4 is 6.03 Å². The Morgan fingerprint density at radius 3 is 2.45 bits per heavy atom.